The Bertz CT molecular complexity index is 1090. The highest BCUT2D eigenvalue weighted by atomic mass is 79.9. The minimum absolute atomic E-state index is 0.0777. The Morgan fingerprint density at radius 2 is 2.07 bits per heavy atom. The quantitative estimate of drug-likeness (QED) is 0.453. The molecule has 0 aliphatic heterocycles. The van der Waals surface area contributed by atoms with Crippen LogP contribution in [0, 0.1) is 0 Å². The maximum Gasteiger partial charge on any atom is 0.273 e. The molecule has 27 heavy (non-hydrogen) atoms. The average Bonchev–Trinajstić information content (AvgIpc) is 3.35. The Kier molecular flexibility index (Phi) is 4.69. The van der Waals surface area contributed by atoms with Crippen LogP contribution in [-0.2, 0) is 0 Å². The number of aromatic nitrogens is 5. The van der Waals surface area contributed by atoms with Gasteiger partial charge in [0.05, 0.1) is 29.7 Å². The molecule has 3 N–H and O–H groups in total. The van der Waals surface area contributed by atoms with Gasteiger partial charge in [0, 0.05) is 16.4 Å². The van der Waals surface area contributed by atoms with E-state index in [4.69, 9.17) is 0 Å². The molecule has 2 aromatic heterocycles. The van der Waals surface area contributed by atoms with E-state index >= 15 is 0 Å². The van der Waals surface area contributed by atoms with E-state index in [9.17, 15) is 9.90 Å². The summed E-state index contributed by atoms with van der Waals surface area (Å²) < 4.78 is 2.44. The number of carbonyl (C=O) groups excluding carboxylic acids is 1. The summed E-state index contributed by atoms with van der Waals surface area (Å²) in [5, 5.41) is 28.6. The summed E-state index contributed by atoms with van der Waals surface area (Å²) in [7, 11) is 0. The smallest absolute Gasteiger partial charge is 0.273 e. The molecule has 8 nitrogen and oxygen atoms in total. The van der Waals surface area contributed by atoms with Crippen molar-refractivity contribution in [2.75, 3.05) is 6.54 Å². The van der Waals surface area contributed by atoms with Crippen molar-refractivity contribution in [2.45, 2.75) is 6.10 Å². The van der Waals surface area contributed by atoms with E-state index in [0.717, 1.165) is 26.6 Å². The van der Waals surface area contributed by atoms with Crippen molar-refractivity contribution in [3.05, 3.63) is 70.6 Å². The first-order chi connectivity index (χ1) is 13.1. The third-order valence-corrected chi connectivity index (χ3v) is 4.65. The SMILES string of the molecule is O=C(NCC(O)c1ccc(Br)cc1)c1cn(-c2ccc3[nH]ncc3c2)nn1. The van der Waals surface area contributed by atoms with Crippen LogP contribution in [0.3, 0.4) is 0 Å². The zero-order chi connectivity index (χ0) is 18.8. The lowest BCUT2D eigenvalue weighted by Crippen LogP contribution is -2.28. The number of hydrogen-bond donors (Lipinski definition) is 3. The normalized spacial score (nSPS) is 12.2. The molecule has 0 saturated carbocycles. The summed E-state index contributed by atoms with van der Waals surface area (Å²) in [6.07, 6.45) is 2.45. The van der Waals surface area contributed by atoms with Crippen molar-refractivity contribution < 1.29 is 9.90 Å². The summed E-state index contributed by atoms with van der Waals surface area (Å²) in [4.78, 5) is 12.3. The standard InChI is InChI=1S/C18H15BrN6O2/c19-13-3-1-11(2-4-13)17(26)9-20-18(27)16-10-25(24-23-16)14-5-6-15-12(7-14)8-21-22-15/h1-8,10,17,26H,9H2,(H,20,27)(H,21,22). The molecule has 9 heteroatoms. The summed E-state index contributed by atoms with van der Waals surface area (Å²) in [6.45, 7) is 0.0777. The Balaban J connectivity index is 1.43. The van der Waals surface area contributed by atoms with E-state index in [0.29, 0.717) is 0 Å². The van der Waals surface area contributed by atoms with Crippen molar-refractivity contribution in [3.63, 3.8) is 0 Å². The number of rotatable bonds is 5. The molecule has 1 unspecified atom stereocenters. The molecule has 2 heterocycles. The maximum atomic E-state index is 12.3. The fourth-order valence-electron chi connectivity index (χ4n) is 2.65. The topological polar surface area (TPSA) is 109 Å². The summed E-state index contributed by atoms with van der Waals surface area (Å²) >= 11 is 3.35. The van der Waals surface area contributed by atoms with Gasteiger partial charge in [-0.3, -0.25) is 9.89 Å². The van der Waals surface area contributed by atoms with Crippen LogP contribution in [0.4, 0.5) is 0 Å². The number of nitrogens with zero attached hydrogens (tertiary/aromatic N) is 4. The van der Waals surface area contributed by atoms with E-state index in [1.807, 2.05) is 30.3 Å². The first-order valence-corrected chi connectivity index (χ1v) is 8.97. The van der Waals surface area contributed by atoms with Crippen LogP contribution in [0.5, 0.6) is 0 Å². The first-order valence-electron chi connectivity index (χ1n) is 8.18. The summed E-state index contributed by atoms with van der Waals surface area (Å²) in [5.74, 6) is -0.401. The number of nitrogens with one attached hydrogen (secondary N) is 2. The largest absolute Gasteiger partial charge is 0.387 e. The molecular weight excluding hydrogens is 412 g/mol. The zero-order valence-corrected chi connectivity index (χ0v) is 15.6. The lowest BCUT2D eigenvalue weighted by molar-refractivity contribution is 0.0911. The van der Waals surface area contributed by atoms with Gasteiger partial charge in [-0.2, -0.15) is 5.10 Å². The maximum absolute atomic E-state index is 12.3. The van der Waals surface area contributed by atoms with Crippen LogP contribution >= 0.6 is 15.9 Å². The van der Waals surface area contributed by atoms with Gasteiger partial charge in [0.2, 0.25) is 0 Å². The van der Waals surface area contributed by atoms with Gasteiger partial charge in [-0.15, -0.1) is 5.10 Å². The number of amides is 1. The summed E-state index contributed by atoms with van der Waals surface area (Å²) in [5.41, 5.74) is 2.57. The number of halogens is 1. The van der Waals surface area contributed by atoms with E-state index in [1.165, 1.54) is 4.68 Å². The van der Waals surface area contributed by atoms with Gasteiger partial charge in [-0.25, -0.2) is 4.68 Å². The van der Waals surface area contributed by atoms with Gasteiger partial charge in [-0.05, 0) is 35.9 Å². The molecule has 0 bridgehead atoms. The Labute approximate surface area is 162 Å². The molecule has 0 radical (unpaired) electrons. The predicted molar refractivity (Wildman–Crippen MR) is 102 cm³/mol. The van der Waals surface area contributed by atoms with Gasteiger partial charge in [0.1, 0.15) is 0 Å². The number of aliphatic hydroxyl groups excluding tert-OH is 1. The van der Waals surface area contributed by atoms with Gasteiger partial charge in [0.25, 0.3) is 5.91 Å². The average molecular weight is 427 g/mol. The first kappa shape index (κ1) is 17.4. The molecule has 4 aromatic rings. The van der Waals surface area contributed by atoms with Gasteiger partial charge in [0.15, 0.2) is 5.69 Å². The Morgan fingerprint density at radius 3 is 2.89 bits per heavy atom. The Hall–Kier alpha value is -3.04. The van der Waals surface area contributed by atoms with E-state index < -0.39 is 12.0 Å². The number of hydrogen-bond acceptors (Lipinski definition) is 5. The van der Waals surface area contributed by atoms with E-state index in [-0.39, 0.29) is 12.2 Å². The predicted octanol–water partition coefficient (Wildman–Crippen LogP) is 2.37. The highest BCUT2D eigenvalue weighted by molar-refractivity contribution is 9.10. The Morgan fingerprint density at radius 1 is 1.26 bits per heavy atom. The van der Waals surface area contributed by atoms with Crippen molar-refractivity contribution >= 4 is 32.7 Å². The molecule has 4 rings (SSSR count). The van der Waals surface area contributed by atoms with Crippen LogP contribution in [0.15, 0.2) is 59.3 Å². The minimum Gasteiger partial charge on any atom is -0.387 e. The minimum atomic E-state index is -0.805. The fraction of sp³-hybridized carbons (Fsp3) is 0.111. The van der Waals surface area contributed by atoms with Crippen LogP contribution in [0.2, 0.25) is 0 Å². The highest BCUT2D eigenvalue weighted by Gasteiger charge is 2.14. The highest BCUT2D eigenvalue weighted by Crippen LogP contribution is 2.17. The zero-order valence-electron chi connectivity index (χ0n) is 14.0. The monoisotopic (exact) mass is 426 g/mol. The van der Waals surface area contributed by atoms with Crippen LogP contribution in [-0.4, -0.2) is 42.7 Å². The number of fused-ring (bicyclic) bond motifs is 1. The van der Waals surface area contributed by atoms with Crippen molar-refractivity contribution in [3.8, 4) is 5.69 Å². The number of H-pyrrole nitrogens is 1. The van der Waals surface area contributed by atoms with Gasteiger partial charge >= 0.3 is 0 Å². The summed E-state index contributed by atoms with van der Waals surface area (Å²) in [6, 6.07) is 12.9. The second-order valence-corrected chi connectivity index (χ2v) is 6.88. The third kappa shape index (κ3) is 3.74. The number of aliphatic hydroxyl groups is 1. The molecule has 0 aliphatic rings. The van der Waals surface area contributed by atoms with E-state index in [1.54, 1.807) is 24.5 Å². The molecule has 0 aliphatic carbocycles. The van der Waals surface area contributed by atoms with Crippen molar-refractivity contribution in [1.29, 1.82) is 0 Å². The number of carbonyl (C=O) groups is 1. The second-order valence-electron chi connectivity index (χ2n) is 5.97. The van der Waals surface area contributed by atoms with Crippen LogP contribution in [0.1, 0.15) is 22.2 Å². The molecule has 0 saturated heterocycles. The third-order valence-electron chi connectivity index (χ3n) is 4.13. The molecule has 0 spiro atoms. The number of benzene rings is 2. The molecule has 0 fully saturated rings. The molecule has 1 amide bonds. The molecule has 136 valence electrons. The molecule has 2 aromatic carbocycles. The lowest BCUT2D eigenvalue weighted by atomic mass is 10.1. The van der Waals surface area contributed by atoms with E-state index in [2.05, 4.69) is 41.8 Å². The second kappa shape index (κ2) is 7.29. The van der Waals surface area contributed by atoms with Crippen molar-refractivity contribution in [1.82, 2.24) is 30.5 Å². The number of aromatic amines is 1. The van der Waals surface area contributed by atoms with Crippen LogP contribution in [0.25, 0.3) is 16.6 Å². The fourth-order valence-corrected chi connectivity index (χ4v) is 2.91. The van der Waals surface area contributed by atoms with Crippen molar-refractivity contribution in [2.24, 2.45) is 0 Å². The molecular formula is C18H15BrN6O2. The van der Waals surface area contributed by atoms with Gasteiger partial charge in [-0.1, -0.05) is 33.3 Å². The van der Waals surface area contributed by atoms with Crippen LogP contribution < -0.4 is 5.32 Å². The van der Waals surface area contributed by atoms with Gasteiger partial charge < -0.3 is 10.4 Å². The molecule has 1 atom stereocenters. The lowest BCUT2D eigenvalue weighted by Gasteiger charge is -2.11.